The number of carbonyl (C=O) groups is 1. The minimum atomic E-state index is -1.03. The Morgan fingerprint density at radius 1 is 1.38 bits per heavy atom. The van der Waals surface area contributed by atoms with Crippen molar-refractivity contribution in [2.24, 2.45) is 0 Å². The molecule has 0 aliphatic rings. The van der Waals surface area contributed by atoms with Gasteiger partial charge in [-0.2, -0.15) is 0 Å². The predicted octanol–water partition coefficient (Wildman–Crippen LogP) is 1.85. The fourth-order valence-electron chi connectivity index (χ4n) is 1.53. The molecule has 1 aromatic heterocycles. The zero-order chi connectivity index (χ0) is 11.7. The first-order valence-corrected chi connectivity index (χ1v) is 5.38. The number of nitrogens with zero attached hydrogens (tertiary/aromatic N) is 1. The lowest BCUT2D eigenvalue weighted by Crippen LogP contribution is -2.23. The van der Waals surface area contributed by atoms with Gasteiger partial charge < -0.3 is 9.67 Å². The molecule has 2 aromatic rings. The molecule has 0 fully saturated rings. The third-order valence-corrected chi connectivity index (χ3v) is 2.74. The number of hydrogen-bond donors (Lipinski definition) is 1. The molecule has 0 atom stereocenters. The molecule has 2 rings (SSSR count). The molecule has 0 saturated carbocycles. The van der Waals surface area contributed by atoms with Crippen LogP contribution in [0, 0.1) is 0 Å². The third kappa shape index (κ3) is 1.99. The molecular formula is C11H8BrNO3. The van der Waals surface area contributed by atoms with Crippen molar-refractivity contribution < 1.29 is 9.90 Å². The molecular weight excluding hydrogens is 274 g/mol. The average molecular weight is 282 g/mol. The van der Waals surface area contributed by atoms with E-state index in [9.17, 15) is 9.59 Å². The second-order valence-corrected chi connectivity index (χ2v) is 4.29. The van der Waals surface area contributed by atoms with Crippen molar-refractivity contribution in [3.05, 3.63) is 45.3 Å². The molecule has 0 amide bonds. The molecule has 1 aromatic carbocycles. The number of benzene rings is 1. The van der Waals surface area contributed by atoms with Crippen molar-refractivity contribution in [2.45, 2.75) is 6.54 Å². The van der Waals surface area contributed by atoms with Gasteiger partial charge in [0.15, 0.2) is 0 Å². The van der Waals surface area contributed by atoms with E-state index in [-0.39, 0.29) is 12.1 Å². The number of rotatable bonds is 2. The summed E-state index contributed by atoms with van der Waals surface area (Å²) >= 11 is 3.31. The smallest absolute Gasteiger partial charge is 0.323 e. The molecule has 0 saturated heterocycles. The van der Waals surface area contributed by atoms with Gasteiger partial charge in [-0.05, 0) is 29.7 Å². The zero-order valence-electron chi connectivity index (χ0n) is 8.18. The second kappa shape index (κ2) is 4.09. The highest BCUT2D eigenvalue weighted by Crippen LogP contribution is 2.16. The first-order chi connectivity index (χ1) is 7.58. The van der Waals surface area contributed by atoms with Crippen molar-refractivity contribution in [1.29, 1.82) is 0 Å². The van der Waals surface area contributed by atoms with E-state index in [2.05, 4.69) is 15.9 Å². The summed E-state index contributed by atoms with van der Waals surface area (Å²) in [7, 11) is 0. The summed E-state index contributed by atoms with van der Waals surface area (Å²) in [6.07, 6.45) is 1.49. The van der Waals surface area contributed by atoms with Crippen LogP contribution in [0.15, 0.2) is 39.7 Å². The summed E-state index contributed by atoms with van der Waals surface area (Å²) in [5.74, 6) is -1.03. The molecule has 0 radical (unpaired) electrons. The van der Waals surface area contributed by atoms with Crippen LogP contribution >= 0.6 is 15.9 Å². The monoisotopic (exact) mass is 281 g/mol. The van der Waals surface area contributed by atoms with E-state index < -0.39 is 5.97 Å². The Labute approximate surface area is 99.3 Å². The number of fused-ring (bicyclic) bond motifs is 1. The highest BCUT2D eigenvalue weighted by molar-refractivity contribution is 9.10. The predicted molar refractivity (Wildman–Crippen MR) is 63.5 cm³/mol. The topological polar surface area (TPSA) is 59.3 Å². The number of carboxylic acid groups (broad SMARTS) is 1. The van der Waals surface area contributed by atoms with E-state index in [0.29, 0.717) is 5.39 Å². The maximum atomic E-state index is 11.9. The van der Waals surface area contributed by atoms with E-state index >= 15 is 0 Å². The Balaban J connectivity index is 2.66. The minimum Gasteiger partial charge on any atom is -0.480 e. The van der Waals surface area contributed by atoms with Crippen LogP contribution in [0.2, 0.25) is 0 Å². The zero-order valence-corrected chi connectivity index (χ0v) is 9.77. The molecule has 0 unspecified atom stereocenters. The summed E-state index contributed by atoms with van der Waals surface area (Å²) in [6.45, 7) is -0.315. The lowest BCUT2D eigenvalue weighted by molar-refractivity contribution is -0.137. The van der Waals surface area contributed by atoms with Crippen LogP contribution in [0.5, 0.6) is 0 Å². The van der Waals surface area contributed by atoms with E-state index in [0.717, 1.165) is 9.86 Å². The Morgan fingerprint density at radius 3 is 2.81 bits per heavy atom. The maximum absolute atomic E-state index is 11.9. The van der Waals surface area contributed by atoms with Crippen LogP contribution in [-0.2, 0) is 11.3 Å². The van der Waals surface area contributed by atoms with Gasteiger partial charge in [-0.1, -0.05) is 15.9 Å². The molecule has 82 valence electrons. The van der Waals surface area contributed by atoms with Crippen LogP contribution in [0.4, 0.5) is 0 Å². The van der Waals surface area contributed by atoms with Gasteiger partial charge in [-0.15, -0.1) is 0 Å². The summed E-state index contributed by atoms with van der Waals surface area (Å²) in [5, 5.41) is 9.95. The molecule has 0 aliphatic heterocycles. The quantitative estimate of drug-likeness (QED) is 0.914. The van der Waals surface area contributed by atoms with E-state index in [1.54, 1.807) is 18.2 Å². The SMILES string of the molecule is O=C(O)Cn1ccc2cc(Br)ccc2c1=O. The van der Waals surface area contributed by atoms with Crippen molar-refractivity contribution in [1.82, 2.24) is 4.57 Å². The third-order valence-electron chi connectivity index (χ3n) is 2.24. The Hall–Kier alpha value is -1.62. The number of aliphatic carboxylic acids is 1. The highest BCUT2D eigenvalue weighted by atomic mass is 79.9. The molecule has 16 heavy (non-hydrogen) atoms. The number of halogens is 1. The summed E-state index contributed by atoms with van der Waals surface area (Å²) in [5.41, 5.74) is -0.285. The molecule has 0 spiro atoms. The largest absolute Gasteiger partial charge is 0.480 e. The fourth-order valence-corrected chi connectivity index (χ4v) is 1.91. The average Bonchev–Trinajstić information content (AvgIpc) is 2.22. The molecule has 1 heterocycles. The fraction of sp³-hybridized carbons (Fsp3) is 0.0909. The number of hydrogen-bond acceptors (Lipinski definition) is 2. The molecule has 5 heteroatoms. The van der Waals surface area contributed by atoms with Gasteiger partial charge in [-0.25, -0.2) is 0 Å². The first-order valence-electron chi connectivity index (χ1n) is 4.58. The maximum Gasteiger partial charge on any atom is 0.323 e. The summed E-state index contributed by atoms with van der Waals surface area (Å²) < 4.78 is 2.06. The van der Waals surface area contributed by atoms with Gasteiger partial charge in [0, 0.05) is 16.1 Å². The van der Waals surface area contributed by atoms with Crippen LogP contribution in [-0.4, -0.2) is 15.6 Å². The summed E-state index contributed by atoms with van der Waals surface area (Å²) in [4.78, 5) is 22.4. The number of pyridine rings is 1. The Morgan fingerprint density at radius 2 is 2.12 bits per heavy atom. The van der Waals surface area contributed by atoms with Crippen molar-refractivity contribution in [3.8, 4) is 0 Å². The molecule has 0 aliphatic carbocycles. The van der Waals surface area contributed by atoms with Crippen molar-refractivity contribution >= 4 is 32.7 Å². The van der Waals surface area contributed by atoms with Crippen LogP contribution in [0.25, 0.3) is 10.8 Å². The molecule has 4 nitrogen and oxygen atoms in total. The highest BCUT2D eigenvalue weighted by Gasteiger charge is 2.05. The second-order valence-electron chi connectivity index (χ2n) is 3.37. The Kier molecular flexibility index (Phi) is 2.78. The van der Waals surface area contributed by atoms with Crippen LogP contribution in [0.1, 0.15) is 0 Å². The van der Waals surface area contributed by atoms with E-state index in [4.69, 9.17) is 5.11 Å². The first kappa shape index (κ1) is 10.9. The minimum absolute atomic E-state index is 0.285. The van der Waals surface area contributed by atoms with E-state index in [1.165, 1.54) is 10.8 Å². The van der Waals surface area contributed by atoms with Gasteiger partial charge in [0.25, 0.3) is 5.56 Å². The van der Waals surface area contributed by atoms with Crippen LogP contribution < -0.4 is 5.56 Å². The van der Waals surface area contributed by atoms with Gasteiger partial charge in [0.05, 0.1) is 0 Å². The van der Waals surface area contributed by atoms with Crippen molar-refractivity contribution in [3.63, 3.8) is 0 Å². The molecule has 0 bridgehead atoms. The van der Waals surface area contributed by atoms with Gasteiger partial charge in [-0.3, -0.25) is 9.59 Å². The number of carboxylic acids is 1. The van der Waals surface area contributed by atoms with Gasteiger partial charge in [0.2, 0.25) is 0 Å². The van der Waals surface area contributed by atoms with Gasteiger partial charge >= 0.3 is 5.97 Å². The van der Waals surface area contributed by atoms with Crippen LogP contribution in [0.3, 0.4) is 0 Å². The van der Waals surface area contributed by atoms with Gasteiger partial charge in [0.1, 0.15) is 6.54 Å². The lowest BCUT2D eigenvalue weighted by atomic mass is 10.2. The molecule has 1 N–H and O–H groups in total. The standard InChI is InChI=1S/C11H8BrNO3/c12-8-1-2-9-7(5-8)3-4-13(11(9)16)6-10(14)15/h1-5H,6H2,(H,14,15). The summed E-state index contributed by atoms with van der Waals surface area (Å²) in [6, 6.07) is 6.99. The lowest BCUT2D eigenvalue weighted by Gasteiger charge is -2.04. The van der Waals surface area contributed by atoms with E-state index in [1.807, 2.05) is 6.07 Å². The normalized spacial score (nSPS) is 10.6. The van der Waals surface area contributed by atoms with Crippen molar-refractivity contribution in [2.75, 3.05) is 0 Å². The number of aromatic nitrogens is 1. The Bertz CT molecular complexity index is 618.